The Morgan fingerprint density at radius 1 is 1.24 bits per heavy atom. The minimum Gasteiger partial charge on any atom is -0.309 e. The Labute approximate surface area is 103 Å². The molecule has 0 fully saturated rings. The molecule has 0 radical (unpaired) electrons. The molecule has 0 rings (SSSR count). The van der Waals surface area contributed by atoms with Gasteiger partial charge < -0.3 is 9.05 Å². The molecule has 102 valence electrons. The van der Waals surface area contributed by atoms with Gasteiger partial charge in [-0.15, -0.1) is 6.42 Å². The molecule has 0 heterocycles. The van der Waals surface area contributed by atoms with Gasteiger partial charge in [0.1, 0.15) is 5.75 Å². The third-order valence-corrected chi connectivity index (χ3v) is 3.91. The fourth-order valence-corrected chi connectivity index (χ4v) is 2.16. The highest BCUT2D eigenvalue weighted by atomic mass is 32.2. The van der Waals surface area contributed by atoms with Crippen molar-refractivity contribution in [3.05, 3.63) is 0 Å². The highest BCUT2D eigenvalue weighted by Gasteiger charge is 2.19. The molecule has 0 aliphatic carbocycles. The summed E-state index contributed by atoms with van der Waals surface area (Å²) in [5.74, 6) is 1.17. The third-order valence-electron chi connectivity index (χ3n) is 1.30. The van der Waals surface area contributed by atoms with Crippen LogP contribution in [0.5, 0.6) is 0 Å². The molecule has 0 atom stereocenters. The topological polar surface area (TPSA) is 89.9 Å². The van der Waals surface area contributed by atoms with E-state index < -0.39 is 23.5 Å². The first-order valence-electron chi connectivity index (χ1n) is 5.01. The summed E-state index contributed by atoms with van der Waals surface area (Å²) in [6.07, 6.45) is 4.98. The van der Waals surface area contributed by atoms with Gasteiger partial charge in [0.05, 0.1) is 13.2 Å². The van der Waals surface area contributed by atoms with E-state index in [4.69, 9.17) is 13.6 Å². The van der Waals surface area contributed by atoms with Gasteiger partial charge in [-0.1, -0.05) is 12.8 Å². The summed E-state index contributed by atoms with van der Waals surface area (Å²) in [7, 11) is -6.61. The molecular weight excluding hydrogens is 267 g/mol. The normalized spacial score (nSPS) is 11.2. The molecule has 8 heteroatoms. The maximum absolute atomic E-state index is 11.3. The molecule has 0 saturated carbocycles. The molecule has 0 amide bonds. The van der Waals surface area contributed by atoms with Crippen LogP contribution in [0.15, 0.2) is 0 Å². The molecule has 0 aromatic carbocycles. The van der Waals surface area contributed by atoms with Crippen LogP contribution >= 0.6 is 7.60 Å². The van der Waals surface area contributed by atoms with Crippen LogP contribution in [0.1, 0.15) is 20.8 Å². The van der Waals surface area contributed by atoms with Crippen molar-refractivity contribution in [1.29, 1.82) is 0 Å². The van der Waals surface area contributed by atoms with E-state index in [2.05, 4.69) is 6.42 Å². The minimum absolute atomic E-state index is 0.450. The lowest BCUT2D eigenvalue weighted by atomic mass is 10.8. The van der Waals surface area contributed by atoms with Gasteiger partial charge in [0.25, 0.3) is 10.1 Å². The van der Waals surface area contributed by atoms with Crippen LogP contribution in [-0.4, -0.2) is 38.1 Å². The van der Waals surface area contributed by atoms with E-state index in [0.717, 1.165) is 0 Å². The van der Waals surface area contributed by atoms with Gasteiger partial charge in [-0.05, 0) is 13.8 Å². The van der Waals surface area contributed by atoms with Gasteiger partial charge in [0.15, 0.2) is 0 Å². The van der Waals surface area contributed by atoms with Crippen molar-refractivity contribution in [1.82, 2.24) is 0 Å². The second-order valence-corrected chi connectivity index (χ2v) is 6.52. The van der Waals surface area contributed by atoms with Crippen molar-refractivity contribution in [3.63, 3.8) is 0 Å². The van der Waals surface area contributed by atoms with E-state index in [0.29, 0.717) is 19.4 Å². The second-order valence-electron chi connectivity index (χ2n) is 2.69. The molecule has 0 aromatic rings. The van der Waals surface area contributed by atoms with Crippen LogP contribution in [0.4, 0.5) is 0 Å². The van der Waals surface area contributed by atoms with Gasteiger partial charge in [-0.3, -0.25) is 9.12 Å². The zero-order chi connectivity index (χ0) is 13.9. The van der Waals surface area contributed by atoms with Crippen LogP contribution < -0.4 is 0 Å². The Bertz CT molecular complexity index is 359. The highest BCUT2D eigenvalue weighted by molar-refractivity contribution is 7.86. The Morgan fingerprint density at radius 2 is 1.65 bits per heavy atom. The average molecular weight is 286 g/mol. The predicted molar refractivity (Wildman–Crippen MR) is 66.6 cm³/mol. The first-order chi connectivity index (χ1) is 7.74. The van der Waals surface area contributed by atoms with E-state index in [1.54, 1.807) is 26.7 Å². The van der Waals surface area contributed by atoms with Gasteiger partial charge in [0.2, 0.25) is 0 Å². The van der Waals surface area contributed by atoms with E-state index in [1.165, 1.54) is 0 Å². The van der Waals surface area contributed by atoms with Gasteiger partial charge >= 0.3 is 7.60 Å². The summed E-state index contributed by atoms with van der Waals surface area (Å²) < 4.78 is 48.4. The van der Waals surface area contributed by atoms with Crippen molar-refractivity contribution in [3.8, 4) is 12.3 Å². The van der Waals surface area contributed by atoms with Crippen LogP contribution in [0.2, 0.25) is 0 Å². The van der Waals surface area contributed by atoms with Crippen molar-refractivity contribution < 1.29 is 26.6 Å². The summed E-state index contributed by atoms with van der Waals surface area (Å²) in [5.41, 5.74) is 0. The molecule has 0 saturated heterocycles. The standard InChI is InChI=1S/C6H15O3P.C3H4O3S/c1-4-8-10(7,6-3)9-5-2;1-2-3-7(4,5)6/h4-6H2,1-3H3;1H,3H2,(H,4,5,6). The molecule has 0 unspecified atom stereocenters. The SMILES string of the molecule is C#CCS(=O)(=O)O.CCOP(=O)(CC)OCC. The second kappa shape index (κ2) is 9.63. The van der Waals surface area contributed by atoms with E-state index in [1.807, 2.05) is 0 Å². The lowest BCUT2D eigenvalue weighted by molar-refractivity contribution is 0.221. The molecule has 1 N–H and O–H groups in total. The van der Waals surface area contributed by atoms with Crippen LogP contribution in [0.25, 0.3) is 0 Å². The quantitative estimate of drug-likeness (QED) is 0.455. The lowest BCUT2D eigenvalue weighted by Gasteiger charge is -2.13. The molecule has 17 heavy (non-hydrogen) atoms. The predicted octanol–water partition coefficient (Wildman–Crippen LogP) is 1.78. The summed E-state index contributed by atoms with van der Waals surface area (Å²) in [6, 6.07) is 0. The van der Waals surface area contributed by atoms with Crippen molar-refractivity contribution in [2.24, 2.45) is 0 Å². The summed E-state index contributed by atoms with van der Waals surface area (Å²) >= 11 is 0. The smallest absolute Gasteiger partial charge is 0.309 e. The van der Waals surface area contributed by atoms with E-state index in [-0.39, 0.29) is 0 Å². The fraction of sp³-hybridized carbons (Fsp3) is 0.778. The fourth-order valence-electron chi connectivity index (χ4n) is 0.719. The third kappa shape index (κ3) is 13.6. The largest absolute Gasteiger partial charge is 0.330 e. The summed E-state index contributed by atoms with van der Waals surface area (Å²) in [4.78, 5) is 0. The monoisotopic (exact) mass is 286 g/mol. The van der Waals surface area contributed by atoms with Crippen molar-refractivity contribution in [2.75, 3.05) is 25.1 Å². The average Bonchev–Trinajstić information content (AvgIpc) is 2.17. The molecule has 6 nitrogen and oxygen atoms in total. The Balaban J connectivity index is 0. The lowest BCUT2D eigenvalue weighted by Crippen LogP contribution is -1.99. The molecule has 0 aliphatic heterocycles. The zero-order valence-corrected chi connectivity index (χ0v) is 12.0. The summed E-state index contributed by atoms with van der Waals surface area (Å²) in [5, 5.41) is 0. The Kier molecular flexibility index (Phi) is 10.7. The van der Waals surface area contributed by atoms with Crippen LogP contribution in [-0.2, 0) is 23.7 Å². The van der Waals surface area contributed by atoms with Crippen molar-refractivity contribution in [2.45, 2.75) is 20.8 Å². The minimum atomic E-state index is -3.91. The maximum Gasteiger partial charge on any atom is 0.330 e. The molecular formula is C9H19O6PS. The van der Waals surface area contributed by atoms with Crippen molar-refractivity contribution >= 4 is 17.7 Å². The highest BCUT2D eigenvalue weighted by Crippen LogP contribution is 2.47. The maximum atomic E-state index is 11.3. The van der Waals surface area contributed by atoms with E-state index in [9.17, 15) is 13.0 Å². The van der Waals surface area contributed by atoms with Gasteiger partial charge in [-0.25, -0.2) is 0 Å². The number of hydrogen-bond donors (Lipinski definition) is 1. The molecule has 0 aromatic heterocycles. The summed E-state index contributed by atoms with van der Waals surface area (Å²) in [6.45, 7) is 6.31. The molecule has 0 bridgehead atoms. The van der Waals surface area contributed by atoms with Crippen LogP contribution in [0.3, 0.4) is 0 Å². The van der Waals surface area contributed by atoms with Crippen LogP contribution in [0, 0.1) is 12.3 Å². The Morgan fingerprint density at radius 3 is 1.76 bits per heavy atom. The number of hydrogen-bond acceptors (Lipinski definition) is 5. The molecule has 0 spiro atoms. The first kappa shape index (κ1) is 19.0. The number of rotatable bonds is 6. The Hall–Kier alpha value is -0.380. The number of terminal acetylenes is 1. The van der Waals surface area contributed by atoms with Gasteiger partial charge in [0, 0.05) is 6.16 Å². The van der Waals surface area contributed by atoms with E-state index >= 15 is 0 Å². The van der Waals surface area contributed by atoms with Gasteiger partial charge in [-0.2, -0.15) is 8.42 Å². The zero-order valence-electron chi connectivity index (χ0n) is 10.2. The first-order valence-corrected chi connectivity index (χ1v) is 8.35. The molecule has 0 aliphatic rings.